The number of carboxylic acids is 1. The first-order valence-electron chi connectivity index (χ1n) is 7.27. The van der Waals surface area contributed by atoms with Crippen LogP contribution >= 0.6 is 15.9 Å². The number of piperidine rings is 1. The lowest BCUT2D eigenvalue weighted by Crippen LogP contribution is -2.46. The van der Waals surface area contributed by atoms with Gasteiger partial charge in [-0.25, -0.2) is 0 Å². The normalized spacial score (nSPS) is 29.3. The second-order valence-corrected chi connectivity index (χ2v) is 7.19. The van der Waals surface area contributed by atoms with Gasteiger partial charge in [0.1, 0.15) is 0 Å². The summed E-state index contributed by atoms with van der Waals surface area (Å²) in [5, 5.41) is 9.23. The second-order valence-electron chi connectivity index (χ2n) is 6.33. The average molecular weight is 338 g/mol. The Labute approximate surface area is 128 Å². The Hall–Kier alpha value is -1.03. The number of benzene rings is 1. The van der Waals surface area contributed by atoms with E-state index in [4.69, 9.17) is 0 Å². The Kier molecular flexibility index (Phi) is 3.76. The Bertz CT molecular complexity index is 517. The highest BCUT2D eigenvalue weighted by atomic mass is 79.9. The van der Waals surface area contributed by atoms with Gasteiger partial charge >= 0.3 is 5.97 Å². The molecular weight excluding hydrogens is 318 g/mol. The van der Waals surface area contributed by atoms with Crippen molar-refractivity contribution < 1.29 is 9.90 Å². The zero-order chi connectivity index (χ0) is 14.3. The molecule has 2 unspecified atom stereocenters. The molecule has 2 aliphatic rings. The number of halogens is 1. The molecule has 0 radical (unpaired) electrons. The van der Waals surface area contributed by atoms with Crippen molar-refractivity contribution in [2.45, 2.75) is 26.2 Å². The highest BCUT2D eigenvalue weighted by molar-refractivity contribution is 9.10. The van der Waals surface area contributed by atoms with Crippen molar-refractivity contribution in [3.8, 4) is 0 Å². The molecule has 20 heavy (non-hydrogen) atoms. The molecular formula is C16H20BrNO2. The number of carboxylic acid groups (broad SMARTS) is 1. The maximum absolute atomic E-state index is 11.2. The number of nitrogens with zero attached hydrogens (tertiary/aromatic N) is 1. The van der Waals surface area contributed by atoms with Crippen LogP contribution < -0.4 is 4.90 Å². The maximum Gasteiger partial charge on any atom is 0.306 e. The zero-order valence-electron chi connectivity index (χ0n) is 11.7. The summed E-state index contributed by atoms with van der Waals surface area (Å²) in [6.45, 7) is 4.07. The van der Waals surface area contributed by atoms with Crippen LogP contribution in [0, 0.1) is 24.7 Å². The molecule has 3 nitrogen and oxygen atoms in total. The molecule has 4 heteroatoms. The van der Waals surface area contributed by atoms with Gasteiger partial charge in [-0.1, -0.05) is 6.07 Å². The molecule has 2 atom stereocenters. The van der Waals surface area contributed by atoms with Crippen LogP contribution in [0.3, 0.4) is 0 Å². The van der Waals surface area contributed by atoms with Crippen LogP contribution in [-0.2, 0) is 4.79 Å². The van der Waals surface area contributed by atoms with E-state index in [2.05, 4.69) is 46.0 Å². The summed E-state index contributed by atoms with van der Waals surface area (Å²) in [6.07, 6.45) is 2.88. The Morgan fingerprint density at radius 3 is 2.45 bits per heavy atom. The molecule has 2 fully saturated rings. The minimum Gasteiger partial charge on any atom is -0.481 e. The van der Waals surface area contributed by atoms with Crippen molar-refractivity contribution in [3.05, 3.63) is 28.2 Å². The first-order chi connectivity index (χ1) is 9.52. The summed E-state index contributed by atoms with van der Waals surface area (Å²) in [4.78, 5) is 13.6. The predicted molar refractivity (Wildman–Crippen MR) is 83.0 cm³/mol. The molecule has 0 aromatic heterocycles. The second kappa shape index (κ2) is 5.40. The van der Waals surface area contributed by atoms with E-state index in [1.165, 1.54) is 17.7 Å². The zero-order valence-corrected chi connectivity index (χ0v) is 13.3. The van der Waals surface area contributed by atoms with Crippen molar-refractivity contribution in [3.63, 3.8) is 0 Å². The van der Waals surface area contributed by atoms with E-state index in [9.17, 15) is 9.90 Å². The largest absolute Gasteiger partial charge is 0.481 e. The van der Waals surface area contributed by atoms with E-state index in [1.807, 2.05) is 0 Å². The molecule has 1 saturated heterocycles. The smallest absolute Gasteiger partial charge is 0.306 e. The number of aliphatic carboxylic acids is 1. The van der Waals surface area contributed by atoms with Crippen molar-refractivity contribution in [1.29, 1.82) is 0 Å². The third-order valence-electron chi connectivity index (χ3n) is 4.65. The topological polar surface area (TPSA) is 40.5 Å². The monoisotopic (exact) mass is 337 g/mol. The standard InChI is InChI=1S/C16H20BrNO2/c1-10-2-3-15(14(17)4-10)18-8-11-5-12(9-18)7-13(6-11)16(19)20/h2-4,11-13H,5-9H2,1H3,(H,19,20). The number of hydrogen-bond acceptors (Lipinski definition) is 2. The highest BCUT2D eigenvalue weighted by Gasteiger charge is 2.38. The van der Waals surface area contributed by atoms with Crippen LogP contribution in [0.2, 0.25) is 0 Å². The van der Waals surface area contributed by atoms with Crippen LogP contribution in [0.25, 0.3) is 0 Å². The Morgan fingerprint density at radius 1 is 1.25 bits per heavy atom. The summed E-state index contributed by atoms with van der Waals surface area (Å²) >= 11 is 3.66. The van der Waals surface area contributed by atoms with Gasteiger partial charge in [0.25, 0.3) is 0 Å². The average Bonchev–Trinajstić information content (AvgIpc) is 2.37. The fraction of sp³-hybridized carbons (Fsp3) is 0.562. The van der Waals surface area contributed by atoms with E-state index in [0.717, 1.165) is 30.4 Å². The van der Waals surface area contributed by atoms with E-state index in [-0.39, 0.29) is 5.92 Å². The third-order valence-corrected chi connectivity index (χ3v) is 5.29. The fourth-order valence-corrected chi connectivity index (χ4v) is 4.57. The minimum atomic E-state index is -0.607. The number of rotatable bonds is 2. The summed E-state index contributed by atoms with van der Waals surface area (Å²) in [7, 11) is 0. The number of carbonyl (C=O) groups is 1. The highest BCUT2D eigenvalue weighted by Crippen LogP contribution is 2.40. The van der Waals surface area contributed by atoms with Gasteiger partial charge in [0.2, 0.25) is 0 Å². The van der Waals surface area contributed by atoms with E-state index < -0.39 is 5.97 Å². The van der Waals surface area contributed by atoms with Crippen molar-refractivity contribution in [2.24, 2.45) is 17.8 Å². The Balaban J connectivity index is 1.77. The molecule has 1 aliphatic heterocycles. The number of hydrogen-bond donors (Lipinski definition) is 1. The maximum atomic E-state index is 11.2. The molecule has 0 amide bonds. The molecule has 1 saturated carbocycles. The molecule has 1 aromatic carbocycles. The van der Waals surface area contributed by atoms with Gasteiger partial charge in [-0.3, -0.25) is 4.79 Å². The van der Waals surface area contributed by atoms with Gasteiger partial charge in [-0.2, -0.15) is 0 Å². The predicted octanol–water partition coefficient (Wildman–Crippen LogP) is 3.69. The van der Waals surface area contributed by atoms with Gasteiger partial charge in [0.05, 0.1) is 11.6 Å². The quantitative estimate of drug-likeness (QED) is 0.894. The first-order valence-corrected chi connectivity index (χ1v) is 8.06. The Morgan fingerprint density at radius 2 is 1.90 bits per heavy atom. The van der Waals surface area contributed by atoms with Gasteiger partial charge < -0.3 is 10.0 Å². The number of aryl methyl sites for hydroxylation is 1. The van der Waals surface area contributed by atoms with Crippen LogP contribution in [0.15, 0.2) is 22.7 Å². The van der Waals surface area contributed by atoms with Gasteiger partial charge in [-0.15, -0.1) is 0 Å². The third kappa shape index (κ3) is 2.71. The SMILES string of the molecule is Cc1ccc(N2CC3CC(CC(C(=O)O)C3)C2)c(Br)c1. The molecule has 1 aromatic rings. The molecule has 1 aliphatic carbocycles. The van der Waals surface area contributed by atoms with Crippen molar-refractivity contribution in [1.82, 2.24) is 0 Å². The fourth-order valence-electron chi connectivity index (χ4n) is 3.83. The van der Waals surface area contributed by atoms with Crippen LogP contribution in [0.4, 0.5) is 5.69 Å². The molecule has 108 valence electrons. The first kappa shape index (κ1) is 13.9. The molecule has 1 N–H and O–H groups in total. The van der Waals surface area contributed by atoms with Crippen molar-refractivity contribution in [2.75, 3.05) is 18.0 Å². The van der Waals surface area contributed by atoms with E-state index >= 15 is 0 Å². The van der Waals surface area contributed by atoms with Gasteiger partial charge in [0, 0.05) is 17.6 Å². The van der Waals surface area contributed by atoms with Crippen LogP contribution in [0.5, 0.6) is 0 Å². The minimum absolute atomic E-state index is 0.123. The molecule has 2 bridgehead atoms. The number of fused-ring (bicyclic) bond motifs is 2. The summed E-state index contributed by atoms with van der Waals surface area (Å²) in [5.41, 5.74) is 2.50. The summed E-state index contributed by atoms with van der Waals surface area (Å²) < 4.78 is 1.15. The lowest BCUT2D eigenvalue weighted by Gasteiger charge is -2.44. The number of anilines is 1. The lowest BCUT2D eigenvalue weighted by atomic mass is 9.72. The van der Waals surface area contributed by atoms with Crippen LogP contribution in [0.1, 0.15) is 24.8 Å². The van der Waals surface area contributed by atoms with Gasteiger partial charge in [-0.05, 0) is 71.6 Å². The van der Waals surface area contributed by atoms with E-state index in [1.54, 1.807) is 0 Å². The lowest BCUT2D eigenvalue weighted by molar-refractivity contribution is -0.144. The summed E-state index contributed by atoms with van der Waals surface area (Å²) in [6, 6.07) is 6.47. The molecule has 3 rings (SSSR count). The molecule has 0 spiro atoms. The molecule has 1 heterocycles. The van der Waals surface area contributed by atoms with Crippen LogP contribution in [-0.4, -0.2) is 24.2 Å². The van der Waals surface area contributed by atoms with E-state index in [0.29, 0.717) is 11.8 Å². The van der Waals surface area contributed by atoms with Gasteiger partial charge in [0.15, 0.2) is 0 Å². The summed E-state index contributed by atoms with van der Waals surface area (Å²) in [5.74, 6) is 0.320. The van der Waals surface area contributed by atoms with Crippen molar-refractivity contribution >= 4 is 27.6 Å².